The molecule has 144 valence electrons. The van der Waals surface area contributed by atoms with E-state index in [9.17, 15) is 14.7 Å². The van der Waals surface area contributed by atoms with Crippen molar-refractivity contribution < 1.29 is 14.7 Å². The first kappa shape index (κ1) is 20.2. The molecule has 2 rings (SSSR count). The van der Waals surface area contributed by atoms with Crippen molar-refractivity contribution in [1.82, 2.24) is 9.80 Å². The van der Waals surface area contributed by atoms with Crippen molar-refractivity contribution in [2.75, 3.05) is 32.6 Å². The van der Waals surface area contributed by atoms with Gasteiger partial charge in [-0.25, -0.2) is 4.79 Å². The zero-order valence-corrected chi connectivity index (χ0v) is 16.5. The Morgan fingerprint density at radius 3 is 2.62 bits per heavy atom. The number of hydrogen-bond acceptors (Lipinski definition) is 3. The zero-order chi connectivity index (χ0) is 19.5. The van der Waals surface area contributed by atoms with Crippen LogP contribution < -0.4 is 5.32 Å². The third-order valence-corrected chi connectivity index (χ3v) is 5.06. The molecule has 1 unspecified atom stereocenters. The minimum Gasteiger partial charge on any atom is -0.394 e. The molecule has 2 N–H and O–H groups in total. The van der Waals surface area contributed by atoms with E-state index in [2.05, 4.69) is 19.2 Å². The minimum absolute atomic E-state index is 0.0310. The van der Waals surface area contributed by atoms with Crippen molar-refractivity contribution in [3.63, 3.8) is 0 Å². The highest BCUT2D eigenvalue weighted by Gasteiger charge is 2.43. The number of aliphatic hydroxyl groups excluding tert-OH is 1. The molecule has 6 heteroatoms. The highest BCUT2D eigenvalue weighted by Crippen LogP contribution is 2.35. The van der Waals surface area contributed by atoms with E-state index in [1.165, 1.54) is 4.90 Å². The Balaban J connectivity index is 2.23. The molecule has 0 aromatic heterocycles. The van der Waals surface area contributed by atoms with Crippen LogP contribution in [0, 0.1) is 12.8 Å². The molecule has 26 heavy (non-hydrogen) atoms. The fraction of sp³-hybridized carbons (Fsp3) is 0.600. The van der Waals surface area contributed by atoms with Crippen molar-refractivity contribution in [3.8, 4) is 0 Å². The van der Waals surface area contributed by atoms with E-state index in [0.29, 0.717) is 23.7 Å². The van der Waals surface area contributed by atoms with Crippen molar-refractivity contribution >= 4 is 17.6 Å². The molecule has 1 aliphatic heterocycles. The maximum atomic E-state index is 12.9. The van der Waals surface area contributed by atoms with Crippen LogP contribution in [0.25, 0.3) is 0 Å². The number of aryl methyl sites for hydroxylation is 1. The van der Waals surface area contributed by atoms with E-state index in [1.54, 1.807) is 31.1 Å². The largest absolute Gasteiger partial charge is 0.394 e. The Labute approximate surface area is 156 Å². The van der Waals surface area contributed by atoms with Crippen LogP contribution in [0.1, 0.15) is 49.0 Å². The van der Waals surface area contributed by atoms with Crippen LogP contribution >= 0.6 is 0 Å². The molecule has 1 aliphatic rings. The first-order chi connectivity index (χ1) is 12.2. The predicted molar refractivity (Wildman–Crippen MR) is 103 cm³/mol. The maximum absolute atomic E-state index is 12.9. The van der Waals surface area contributed by atoms with E-state index in [-0.39, 0.29) is 18.5 Å². The number of hydrogen-bond donors (Lipinski definition) is 2. The van der Waals surface area contributed by atoms with E-state index in [0.717, 1.165) is 24.8 Å². The Bertz CT molecular complexity index is 672. The number of anilines is 1. The summed E-state index contributed by atoms with van der Waals surface area (Å²) >= 11 is 0. The second kappa shape index (κ2) is 8.08. The third kappa shape index (κ3) is 4.18. The molecule has 0 radical (unpaired) electrons. The van der Waals surface area contributed by atoms with E-state index in [1.807, 2.05) is 13.0 Å². The summed E-state index contributed by atoms with van der Waals surface area (Å²) in [4.78, 5) is 28.4. The van der Waals surface area contributed by atoms with Gasteiger partial charge < -0.3 is 20.2 Å². The highest BCUT2D eigenvalue weighted by molar-refractivity contribution is 5.97. The van der Waals surface area contributed by atoms with Crippen LogP contribution in [0.3, 0.4) is 0 Å². The maximum Gasteiger partial charge on any atom is 0.322 e. The Morgan fingerprint density at radius 2 is 2.04 bits per heavy atom. The average molecular weight is 361 g/mol. The van der Waals surface area contributed by atoms with Gasteiger partial charge in [0, 0.05) is 31.9 Å². The summed E-state index contributed by atoms with van der Waals surface area (Å²) in [6.45, 7) is 6.71. The Hall–Kier alpha value is -2.08. The smallest absolute Gasteiger partial charge is 0.322 e. The van der Waals surface area contributed by atoms with Crippen molar-refractivity contribution in [1.29, 1.82) is 0 Å². The third-order valence-electron chi connectivity index (χ3n) is 5.06. The van der Waals surface area contributed by atoms with Crippen molar-refractivity contribution in [2.45, 2.75) is 45.6 Å². The first-order valence-electron chi connectivity index (χ1n) is 9.22. The van der Waals surface area contributed by atoms with Crippen molar-refractivity contribution in [2.24, 2.45) is 5.92 Å². The van der Waals surface area contributed by atoms with Crippen LogP contribution in [0.4, 0.5) is 10.5 Å². The number of nitrogens with zero attached hydrogens (tertiary/aromatic N) is 2. The van der Waals surface area contributed by atoms with Gasteiger partial charge in [0.2, 0.25) is 0 Å². The molecule has 1 heterocycles. The number of carbonyl (C=O) groups excluding carboxylic acids is 2. The Morgan fingerprint density at radius 1 is 1.35 bits per heavy atom. The fourth-order valence-corrected chi connectivity index (χ4v) is 3.79. The molecule has 1 fully saturated rings. The van der Waals surface area contributed by atoms with Gasteiger partial charge >= 0.3 is 6.03 Å². The van der Waals surface area contributed by atoms with Gasteiger partial charge in [-0.2, -0.15) is 0 Å². The molecule has 6 nitrogen and oxygen atoms in total. The SMILES string of the molecule is Cc1ccc(C(=O)N(C)C)cc1NC(=O)N1CCCC1(CO)CC(C)C. The summed E-state index contributed by atoms with van der Waals surface area (Å²) in [5, 5.41) is 13.0. The number of amides is 3. The fourth-order valence-electron chi connectivity index (χ4n) is 3.79. The van der Waals surface area contributed by atoms with Gasteiger partial charge in [-0.05, 0) is 49.8 Å². The van der Waals surface area contributed by atoms with E-state index in [4.69, 9.17) is 0 Å². The van der Waals surface area contributed by atoms with Gasteiger partial charge in [-0.15, -0.1) is 0 Å². The van der Waals surface area contributed by atoms with Gasteiger partial charge in [0.05, 0.1) is 12.1 Å². The predicted octanol–water partition coefficient (Wildman–Crippen LogP) is 3.10. The average Bonchev–Trinajstić information content (AvgIpc) is 2.99. The van der Waals surface area contributed by atoms with Crippen molar-refractivity contribution in [3.05, 3.63) is 29.3 Å². The normalized spacial score (nSPS) is 19.7. The second-order valence-corrected chi connectivity index (χ2v) is 7.90. The number of carbonyl (C=O) groups is 2. The summed E-state index contributed by atoms with van der Waals surface area (Å²) in [5.74, 6) is 0.282. The number of benzene rings is 1. The summed E-state index contributed by atoms with van der Waals surface area (Å²) in [6, 6.07) is 5.10. The molecule has 1 aromatic rings. The summed E-state index contributed by atoms with van der Waals surface area (Å²) in [6.07, 6.45) is 2.47. The van der Waals surface area contributed by atoms with Crippen LogP contribution in [0.2, 0.25) is 0 Å². The lowest BCUT2D eigenvalue weighted by Crippen LogP contribution is -2.52. The second-order valence-electron chi connectivity index (χ2n) is 7.90. The first-order valence-corrected chi connectivity index (χ1v) is 9.22. The lowest BCUT2D eigenvalue weighted by atomic mass is 9.87. The quantitative estimate of drug-likeness (QED) is 0.846. The molecule has 1 atom stereocenters. The summed E-state index contributed by atoms with van der Waals surface area (Å²) in [7, 11) is 3.40. The lowest BCUT2D eigenvalue weighted by Gasteiger charge is -2.38. The monoisotopic (exact) mass is 361 g/mol. The molecule has 1 saturated heterocycles. The molecular formula is C20H31N3O3. The van der Waals surface area contributed by atoms with Crippen LogP contribution in [0.15, 0.2) is 18.2 Å². The lowest BCUT2D eigenvalue weighted by molar-refractivity contribution is 0.0727. The van der Waals surface area contributed by atoms with Crippen LogP contribution in [0.5, 0.6) is 0 Å². The molecule has 1 aromatic carbocycles. The molecule has 0 saturated carbocycles. The van der Waals surface area contributed by atoms with Gasteiger partial charge in [-0.1, -0.05) is 19.9 Å². The van der Waals surface area contributed by atoms with Crippen LogP contribution in [-0.2, 0) is 0 Å². The molecule has 0 aliphatic carbocycles. The van der Waals surface area contributed by atoms with Gasteiger partial charge in [0.15, 0.2) is 0 Å². The van der Waals surface area contributed by atoms with E-state index < -0.39 is 5.54 Å². The molecule has 3 amide bonds. The topological polar surface area (TPSA) is 72.9 Å². The van der Waals surface area contributed by atoms with Gasteiger partial charge in [0.25, 0.3) is 5.91 Å². The number of urea groups is 1. The number of rotatable bonds is 5. The van der Waals surface area contributed by atoms with Gasteiger partial charge in [0.1, 0.15) is 0 Å². The molecule has 0 bridgehead atoms. The highest BCUT2D eigenvalue weighted by atomic mass is 16.3. The summed E-state index contributed by atoms with van der Waals surface area (Å²) in [5.41, 5.74) is 1.56. The standard InChI is InChI=1S/C20H31N3O3/c1-14(2)12-20(13-24)9-6-10-23(20)19(26)21-17-11-16(8-7-15(17)3)18(25)22(4)5/h7-8,11,14,24H,6,9-10,12-13H2,1-5H3,(H,21,26). The molecular weight excluding hydrogens is 330 g/mol. The molecule has 0 spiro atoms. The summed E-state index contributed by atoms with van der Waals surface area (Å²) < 4.78 is 0. The number of aliphatic hydroxyl groups is 1. The minimum atomic E-state index is -0.497. The van der Waals surface area contributed by atoms with Gasteiger partial charge in [-0.3, -0.25) is 4.79 Å². The number of likely N-dealkylation sites (tertiary alicyclic amines) is 1. The number of nitrogens with one attached hydrogen (secondary N) is 1. The zero-order valence-electron chi connectivity index (χ0n) is 16.5. The van der Waals surface area contributed by atoms with Crippen LogP contribution in [-0.4, -0.2) is 59.6 Å². The van der Waals surface area contributed by atoms with E-state index >= 15 is 0 Å². The Kier molecular flexibility index (Phi) is 6.29.